The summed E-state index contributed by atoms with van der Waals surface area (Å²) >= 11 is 0. The Labute approximate surface area is 101 Å². The van der Waals surface area contributed by atoms with E-state index in [0.717, 1.165) is 11.0 Å². The summed E-state index contributed by atoms with van der Waals surface area (Å²) in [5, 5.41) is 0. The highest BCUT2D eigenvalue weighted by Crippen LogP contribution is 2.05. The Bertz CT molecular complexity index is 451. The van der Waals surface area contributed by atoms with Crippen molar-refractivity contribution in [3.05, 3.63) is 61.2 Å². The number of nitrogens with zero attached hydrogens (tertiary/aromatic N) is 2. The molecule has 0 unspecified atom stereocenters. The van der Waals surface area contributed by atoms with Crippen molar-refractivity contribution in [2.75, 3.05) is 0 Å². The van der Waals surface area contributed by atoms with Gasteiger partial charge in [0, 0.05) is 12.4 Å². The van der Waals surface area contributed by atoms with Crippen LogP contribution in [0.15, 0.2) is 61.2 Å². The van der Waals surface area contributed by atoms with E-state index in [1.807, 2.05) is 42.5 Å². The molecule has 82 valence electrons. The summed E-state index contributed by atoms with van der Waals surface area (Å²) in [7, 11) is 0. The number of imidazole rings is 1. The fraction of sp³-hybridized carbons (Fsp3) is 0. The van der Waals surface area contributed by atoms with Crippen LogP contribution in [0.1, 0.15) is 0 Å². The third-order valence-corrected chi connectivity index (χ3v) is 1.89. The second-order valence-electron chi connectivity index (χ2n) is 2.94. The lowest BCUT2D eigenvalue weighted by Crippen LogP contribution is -1.63. The van der Waals surface area contributed by atoms with Gasteiger partial charge in [0.25, 0.3) is 0 Å². The number of aromatic amines is 1. The van der Waals surface area contributed by atoms with Crippen LogP contribution in [0.2, 0.25) is 0 Å². The molecule has 0 spiro atoms. The highest BCUT2D eigenvalue weighted by atomic mass is 32.1. The van der Waals surface area contributed by atoms with Crippen LogP contribution in [-0.4, -0.2) is 15.0 Å². The number of aromatic nitrogens is 3. The largest absolute Gasteiger partial charge is 0.345 e. The second kappa shape index (κ2) is 6.63. The topological polar surface area (TPSA) is 41.6 Å². The molecule has 1 aromatic carbocycles. The monoisotopic (exact) mass is 231 g/mol. The molecule has 0 aliphatic heterocycles. The van der Waals surface area contributed by atoms with Gasteiger partial charge in [-0.3, -0.25) is 4.98 Å². The first kappa shape index (κ1) is 12.3. The SMILES string of the molecule is S.c1ccc2[nH]cnc2c1.c1ccncc1. The van der Waals surface area contributed by atoms with Gasteiger partial charge < -0.3 is 4.98 Å². The minimum absolute atomic E-state index is 0. The predicted octanol–water partition coefficient (Wildman–Crippen LogP) is 2.76. The van der Waals surface area contributed by atoms with Crippen LogP contribution >= 0.6 is 13.5 Å². The molecule has 16 heavy (non-hydrogen) atoms. The van der Waals surface area contributed by atoms with Crippen molar-refractivity contribution in [1.29, 1.82) is 0 Å². The predicted molar refractivity (Wildman–Crippen MR) is 70.7 cm³/mol. The van der Waals surface area contributed by atoms with E-state index >= 15 is 0 Å². The third-order valence-electron chi connectivity index (χ3n) is 1.89. The number of hydrogen-bond acceptors (Lipinski definition) is 2. The Kier molecular flexibility index (Phi) is 5.08. The molecular weight excluding hydrogens is 218 g/mol. The second-order valence-corrected chi connectivity index (χ2v) is 2.94. The molecule has 0 aliphatic carbocycles. The normalized spacial score (nSPS) is 8.75. The van der Waals surface area contributed by atoms with Gasteiger partial charge in [0.1, 0.15) is 0 Å². The number of para-hydroxylation sites is 2. The summed E-state index contributed by atoms with van der Waals surface area (Å²) in [6, 6.07) is 13.7. The zero-order valence-corrected chi connectivity index (χ0v) is 9.67. The van der Waals surface area contributed by atoms with Gasteiger partial charge in [-0.15, -0.1) is 0 Å². The minimum Gasteiger partial charge on any atom is -0.345 e. The summed E-state index contributed by atoms with van der Waals surface area (Å²) in [6.07, 6.45) is 5.20. The lowest BCUT2D eigenvalue weighted by molar-refractivity contribution is 1.33. The van der Waals surface area contributed by atoms with Crippen LogP contribution in [0, 0.1) is 0 Å². The fourth-order valence-electron chi connectivity index (χ4n) is 1.19. The zero-order valence-electron chi connectivity index (χ0n) is 8.67. The maximum atomic E-state index is 4.06. The fourth-order valence-corrected chi connectivity index (χ4v) is 1.19. The minimum atomic E-state index is 0. The van der Waals surface area contributed by atoms with Gasteiger partial charge in [-0.25, -0.2) is 4.98 Å². The Morgan fingerprint density at radius 1 is 0.875 bits per heavy atom. The molecule has 2 aromatic heterocycles. The summed E-state index contributed by atoms with van der Waals surface area (Å²) < 4.78 is 0. The number of nitrogens with one attached hydrogen (secondary N) is 1. The van der Waals surface area contributed by atoms with E-state index < -0.39 is 0 Å². The van der Waals surface area contributed by atoms with Gasteiger partial charge in [-0.2, -0.15) is 13.5 Å². The Balaban J connectivity index is 0.000000162. The Morgan fingerprint density at radius 2 is 1.62 bits per heavy atom. The van der Waals surface area contributed by atoms with E-state index in [0.29, 0.717) is 0 Å². The van der Waals surface area contributed by atoms with Gasteiger partial charge in [0.2, 0.25) is 0 Å². The zero-order chi connectivity index (χ0) is 10.3. The van der Waals surface area contributed by atoms with Crippen molar-refractivity contribution >= 4 is 24.5 Å². The van der Waals surface area contributed by atoms with Gasteiger partial charge >= 0.3 is 0 Å². The van der Waals surface area contributed by atoms with Crippen LogP contribution < -0.4 is 0 Å². The molecule has 0 aliphatic rings. The molecular formula is C12H13N3S. The molecule has 0 bridgehead atoms. The standard InChI is InChI=1S/C7H6N2.C5H5N.H2S/c1-2-4-7-6(3-1)8-5-9-7;1-2-4-6-5-3-1;/h1-5H,(H,8,9);1-5H;1H2. The van der Waals surface area contributed by atoms with Gasteiger partial charge in [-0.1, -0.05) is 18.2 Å². The smallest absolute Gasteiger partial charge is 0.0931 e. The number of H-pyrrole nitrogens is 1. The first-order chi connectivity index (χ1) is 7.47. The molecule has 3 rings (SSSR count). The van der Waals surface area contributed by atoms with E-state index in [2.05, 4.69) is 15.0 Å². The van der Waals surface area contributed by atoms with Crippen molar-refractivity contribution in [3.63, 3.8) is 0 Å². The number of rotatable bonds is 0. The van der Waals surface area contributed by atoms with Crippen LogP contribution in [0.3, 0.4) is 0 Å². The lowest BCUT2D eigenvalue weighted by atomic mass is 10.3. The summed E-state index contributed by atoms with van der Waals surface area (Å²) in [5.74, 6) is 0. The molecule has 0 fully saturated rings. The van der Waals surface area contributed by atoms with Crippen molar-refractivity contribution in [2.45, 2.75) is 0 Å². The molecule has 4 heteroatoms. The molecule has 0 atom stereocenters. The maximum absolute atomic E-state index is 4.06. The first-order valence-electron chi connectivity index (χ1n) is 4.70. The lowest BCUT2D eigenvalue weighted by Gasteiger charge is -1.81. The van der Waals surface area contributed by atoms with E-state index in [9.17, 15) is 0 Å². The van der Waals surface area contributed by atoms with Gasteiger partial charge in [-0.05, 0) is 24.3 Å². The molecule has 0 radical (unpaired) electrons. The van der Waals surface area contributed by atoms with Crippen LogP contribution in [0.5, 0.6) is 0 Å². The Hall–Kier alpha value is -1.81. The van der Waals surface area contributed by atoms with Crippen LogP contribution in [-0.2, 0) is 0 Å². The summed E-state index contributed by atoms with van der Waals surface area (Å²) in [4.78, 5) is 10.9. The number of fused-ring (bicyclic) bond motifs is 1. The highest BCUT2D eigenvalue weighted by molar-refractivity contribution is 7.59. The van der Waals surface area contributed by atoms with Crippen LogP contribution in [0.4, 0.5) is 0 Å². The van der Waals surface area contributed by atoms with Crippen molar-refractivity contribution in [2.24, 2.45) is 0 Å². The van der Waals surface area contributed by atoms with Crippen molar-refractivity contribution in [3.8, 4) is 0 Å². The van der Waals surface area contributed by atoms with E-state index in [1.165, 1.54) is 0 Å². The average molecular weight is 231 g/mol. The molecule has 2 heterocycles. The van der Waals surface area contributed by atoms with E-state index in [1.54, 1.807) is 18.7 Å². The first-order valence-corrected chi connectivity index (χ1v) is 4.70. The van der Waals surface area contributed by atoms with Crippen molar-refractivity contribution in [1.82, 2.24) is 15.0 Å². The van der Waals surface area contributed by atoms with E-state index in [-0.39, 0.29) is 13.5 Å². The number of benzene rings is 1. The summed E-state index contributed by atoms with van der Waals surface area (Å²) in [5.41, 5.74) is 2.12. The molecule has 1 N–H and O–H groups in total. The molecule has 0 saturated heterocycles. The average Bonchev–Trinajstić information content (AvgIpc) is 2.80. The molecule has 0 amide bonds. The maximum Gasteiger partial charge on any atom is 0.0931 e. The highest BCUT2D eigenvalue weighted by Gasteiger charge is 1.88. The quantitative estimate of drug-likeness (QED) is 0.646. The number of hydrogen-bond donors (Lipinski definition) is 1. The third kappa shape index (κ3) is 3.40. The van der Waals surface area contributed by atoms with Crippen LogP contribution in [0.25, 0.3) is 11.0 Å². The molecule has 3 nitrogen and oxygen atoms in total. The van der Waals surface area contributed by atoms with Crippen molar-refractivity contribution < 1.29 is 0 Å². The molecule has 3 aromatic rings. The van der Waals surface area contributed by atoms with Gasteiger partial charge in [0.05, 0.1) is 17.4 Å². The number of pyridine rings is 1. The van der Waals surface area contributed by atoms with Gasteiger partial charge in [0.15, 0.2) is 0 Å². The Morgan fingerprint density at radius 3 is 2.19 bits per heavy atom. The van der Waals surface area contributed by atoms with E-state index in [4.69, 9.17) is 0 Å². The summed E-state index contributed by atoms with van der Waals surface area (Å²) in [6.45, 7) is 0. The molecule has 0 saturated carbocycles.